The molecular formula is C63H52N4. The Morgan fingerprint density at radius 3 is 1.88 bits per heavy atom. The first-order chi connectivity index (χ1) is 32.5. The molecule has 3 heterocycles. The van der Waals surface area contributed by atoms with Gasteiger partial charge in [-0.05, 0) is 135 Å². The molecule has 0 amide bonds. The number of aryl methyl sites for hydroxylation is 1. The van der Waals surface area contributed by atoms with Gasteiger partial charge in [0.25, 0.3) is 0 Å². The smallest absolute Gasteiger partial charge is 0.235 e. The van der Waals surface area contributed by atoms with Gasteiger partial charge >= 0.3 is 0 Å². The third-order valence-electron chi connectivity index (χ3n) is 16.5. The summed E-state index contributed by atoms with van der Waals surface area (Å²) in [4.78, 5) is 11.5. The summed E-state index contributed by atoms with van der Waals surface area (Å²) in [6.07, 6.45) is 4.17. The SMILES string of the molecule is CC1(C)CCC(C)(C)c2cc3c(cc21)c1c2c4c5ccccc5ccc4n(-c4nc(-c5ccc6c(c5)-c5ccccc5C6(C)C)c5c(n4)-c4ccccc4CC5)c2ccc1n3-c1ccccc1. The number of nitrogens with zero attached hydrogens (tertiary/aromatic N) is 4. The molecule has 11 aromatic rings. The van der Waals surface area contributed by atoms with Crippen molar-refractivity contribution in [3.8, 4) is 45.3 Å². The fourth-order valence-electron chi connectivity index (χ4n) is 12.9. The van der Waals surface area contributed by atoms with Gasteiger partial charge in [0.15, 0.2) is 0 Å². The number of fused-ring (bicyclic) bond motifs is 16. The van der Waals surface area contributed by atoms with E-state index in [0.717, 1.165) is 53.7 Å². The largest absolute Gasteiger partial charge is 0.309 e. The van der Waals surface area contributed by atoms with Crippen molar-refractivity contribution in [3.05, 3.63) is 191 Å². The van der Waals surface area contributed by atoms with Gasteiger partial charge < -0.3 is 4.57 Å². The van der Waals surface area contributed by atoms with E-state index >= 15 is 0 Å². The molecule has 0 bridgehead atoms. The van der Waals surface area contributed by atoms with E-state index in [1.54, 1.807) is 0 Å². The highest BCUT2D eigenvalue weighted by atomic mass is 15.2. The zero-order valence-corrected chi connectivity index (χ0v) is 39.1. The van der Waals surface area contributed by atoms with Crippen molar-refractivity contribution >= 4 is 54.4 Å². The third-order valence-corrected chi connectivity index (χ3v) is 16.5. The minimum absolute atomic E-state index is 0.0495. The maximum absolute atomic E-state index is 5.80. The Labute approximate surface area is 391 Å². The lowest BCUT2D eigenvalue weighted by molar-refractivity contribution is 0.332. The Kier molecular flexibility index (Phi) is 7.79. The van der Waals surface area contributed by atoms with Crippen LogP contribution in [0.4, 0.5) is 0 Å². The minimum atomic E-state index is -0.0778. The average molecular weight is 865 g/mol. The van der Waals surface area contributed by atoms with E-state index in [4.69, 9.17) is 9.97 Å². The van der Waals surface area contributed by atoms with Gasteiger partial charge in [-0.3, -0.25) is 4.57 Å². The fraction of sp³-hybridized carbons (Fsp3) is 0.206. The summed E-state index contributed by atoms with van der Waals surface area (Å²) in [5.74, 6) is 0.702. The Morgan fingerprint density at radius 2 is 1.06 bits per heavy atom. The number of para-hydroxylation sites is 1. The zero-order valence-electron chi connectivity index (χ0n) is 39.1. The fourth-order valence-corrected chi connectivity index (χ4v) is 12.9. The van der Waals surface area contributed by atoms with Crippen molar-refractivity contribution in [1.82, 2.24) is 19.1 Å². The van der Waals surface area contributed by atoms with Crippen molar-refractivity contribution in [3.63, 3.8) is 0 Å². The summed E-state index contributed by atoms with van der Waals surface area (Å²) < 4.78 is 4.91. The van der Waals surface area contributed by atoms with Gasteiger partial charge in [0.1, 0.15) is 0 Å². The zero-order chi connectivity index (χ0) is 45.1. The van der Waals surface area contributed by atoms with Crippen molar-refractivity contribution < 1.29 is 0 Å². The molecule has 4 nitrogen and oxygen atoms in total. The average Bonchev–Trinajstić information content (AvgIpc) is 3.95. The summed E-state index contributed by atoms with van der Waals surface area (Å²) in [6.45, 7) is 14.5. The predicted molar refractivity (Wildman–Crippen MR) is 279 cm³/mol. The topological polar surface area (TPSA) is 35.6 Å². The number of hydrogen-bond acceptors (Lipinski definition) is 2. The number of aromatic nitrogens is 4. The molecule has 14 rings (SSSR count). The molecule has 8 aromatic carbocycles. The van der Waals surface area contributed by atoms with Gasteiger partial charge in [-0.1, -0.05) is 151 Å². The van der Waals surface area contributed by atoms with E-state index in [-0.39, 0.29) is 16.2 Å². The highest BCUT2D eigenvalue weighted by Gasteiger charge is 2.39. The van der Waals surface area contributed by atoms with Crippen LogP contribution in [0.15, 0.2) is 158 Å². The lowest BCUT2D eigenvalue weighted by Gasteiger charge is -2.42. The highest BCUT2D eigenvalue weighted by Crippen LogP contribution is 2.53. The van der Waals surface area contributed by atoms with E-state index < -0.39 is 0 Å². The molecule has 0 saturated carbocycles. The summed E-state index contributed by atoms with van der Waals surface area (Å²) in [5.41, 5.74) is 21.2. The molecule has 0 spiro atoms. The lowest BCUT2D eigenvalue weighted by Crippen LogP contribution is -2.33. The Balaban J connectivity index is 1.13. The Morgan fingerprint density at radius 1 is 0.433 bits per heavy atom. The molecule has 324 valence electrons. The first-order valence-electron chi connectivity index (χ1n) is 24.3. The molecule has 0 aliphatic heterocycles. The first kappa shape index (κ1) is 38.9. The summed E-state index contributed by atoms with van der Waals surface area (Å²) in [7, 11) is 0. The van der Waals surface area contributed by atoms with Crippen LogP contribution >= 0.6 is 0 Å². The molecule has 0 saturated heterocycles. The van der Waals surface area contributed by atoms with Crippen LogP contribution in [-0.2, 0) is 29.1 Å². The van der Waals surface area contributed by atoms with Gasteiger partial charge in [0, 0.05) is 49.3 Å². The second-order valence-corrected chi connectivity index (χ2v) is 21.5. The van der Waals surface area contributed by atoms with Crippen molar-refractivity contribution in [1.29, 1.82) is 0 Å². The minimum Gasteiger partial charge on any atom is -0.309 e. The Bertz CT molecular complexity index is 3950. The van der Waals surface area contributed by atoms with Crippen LogP contribution in [0.3, 0.4) is 0 Å². The highest BCUT2D eigenvalue weighted by molar-refractivity contribution is 6.33. The van der Waals surface area contributed by atoms with Crippen LogP contribution in [0.2, 0.25) is 0 Å². The van der Waals surface area contributed by atoms with Crippen LogP contribution in [0, 0.1) is 0 Å². The van der Waals surface area contributed by atoms with E-state index in [1.165, 1.54) is 99.1 Å². The van der Waals surface area contributed by atoms with Gasteiger partial charge in [-0.25, -0.2) is 9.97 Å². The molecule has 0 N–H and O–H groups in total. The van der Waals surface area contributed by atoms with Crippen LogP contribution < -0.4 is 0 Å². The van der Waals surface area contributed by atoms with Crippen LogP contribution in [0.1, 0.15) is 87.8 Å². The van der Waals surface area contributed by atoms with Gasteiger partial charge in [0.05, 0.1) is 33.5 Å². The Hall–Kier alpha value is -7.30. The maximum atomic E-state index is 5.80. The summed E-state index contributed by atoms with van der Waals surface area (Å²) in [5, 5.41) is 7.52. The van der Waals surface area contributed by atoms with Gasteiger partial charge in [0.2, 0.25) is 5.95 Å². The van der Waals surface area contributed by atoms with Crippen LogP contribution in [0.5, 0.6) is 0 Å². The molecule has 0 radical (unpaired) electrons. The molecule has 3 aliphatic carbocycles. The standard InChI is InChI=1S/C63H52N4/c1-61(2)32-33-62(3,4)50-36-54-46(35-49(50)61)56-51(66(54)40-18-8-7-9-19-40)30-31-53-57(56)55-41-20-12-10-16-37(41)26-29-52(55)67(53)60-64-58(44-27-24-38-17-11-13-21-42(38)59(44)65-60)39-25-28-48-45(34-39)43-22-14-15-23-47(43)63(48,5)6/h7-23,25-26,28-31,34-36H,24,27,32-33H2,1-6H3. The molecular weight excluding hydrogens is 813 g/mol. The number of benzene rings is 8. The van der Waals surface area contributed by atoms with Crippen molar-refractivity contribution in [2.75, 3.05) is 0 Å². The lowest BCUT2D eigenvalue weighted by atomic mass is 9.63. The molecule has 67 heavy (non-hydrogen) atoms. The first-order valence-corrected chi connectivity index (χ1v) is 24.3. The van der Waals surface area contributed by atoms with Crippen molar-refractivity contribution in [2.45, 2.75) is 83.5 Å². The third kappa shape index (κ3) is 5.30. The monoisotopic (exact) mass is 864 g/mol. The molecule has 3 aliphatic rings. The van der Waals surface area contributed by atoms with Crippen LogP contribution in [0.25, 0.3) is 99.7 Å². The second kappa shape index (κ2) is 13.4. The van der Waals surface area contributed by atoms with Crippen molar-refractivity contribution in [2.24, 2.45) is 0 Å². The molecule has 0 fully saturated rings. The van der Waals surface area contributed by atoms with E-state index in [1.807, 2.05) is 0 Å². The normalized spacial score (nSPS) is 16.3. The van der Waals surface area contributed by atoms with E-state index in [0.29, 0.717) is 5.95 Å². The predicted octanol–water partition coefficient (Wildman–Crippen LogP) is 15.9. The van der Waals surface area contributed by atoms with E-state index in [2.05, 4.69) is 208 Å². The number of rotatable bonds is 3. The quantitative estimate of drug-likeness (QED) is 0.177. The summed E-state index contributed by atoms with van der Waals surface area (Å²) in [6, 6.07) is 59.3. The molecule has 4 heteroatoms. The molecule has 0 unspecified atom stereocenters. The summed E-state index contributed by atoms with van der Waals surface area (Å²) >= 11 is 0. The van der Waals surface area contributed by atoms with E-state index in [9.17, 15) is 0 Å². The second-order valence-electron chi connectivity index (χ2n) is 21.5. The molecule has 3 aromatic heterocycles. The van der Waals surface area contributed by atoms with Gasteiger partial charge in [-0.15, -0.1) is 0 Å². The van der Waals surface area contributed by atoms with Gasteiger partial charge in [-0.2, -0.15) is 0 Å². The molecule has 0 atom stereocenters. The number of hydrogen-bond donors (Lipinski definition) is 0. The van der Waals surface area contributed by atoms with Crippen LogP contribution in [-0.4, -0.2) is 19.1 Å². The maximum Gasteiger partial charge on any atom is 0.235 e.